The zero-order chi connectivity index (χ0) is 29.3. The Labute approximate surface area is 237 Å². The van der Waals surface area contributed by atoms with Gasteiger partial charge in [-0.25, -0.2) is 9.78 Å². The molecule has 41 heavy (non-hydrogen) atoms. The molecule has 1 aliphatic heterocycles. The van der Waals surface area contributed by atoms with E-state index in [9.17, 15) is 14.4 Å². The molecule has 11 nitrogen and oxygen atoms in total. The highest BCUT2D eigenvalue weighted by atomic mass is 16.6. The molecule has 11 heteroatoms. The average Bonchev–Trinajstić information content (AvgIpc) is 3.52. The number of fused-ring (bicyclic) bond motifs is 1. The lowest BCUT2D eigenvalue weighted by Gasteiger charge is -2.17. The monoisotopic (exact) mass is 557 g/mol. The van der Waals surface area contributed by atoms with Gasteiger partial charge in [0.2, 0.25) is 0 Å². The lowest BCUT2D eigenvalue weighted by atomic mass is 9.99. The van der Waals surface area contributed by atoms with Crippen LogP contribution < -0.4 is 10.1 Å². The van der Waals surface area contributed by atoms with Crippen molar-refractivity contribution in [1.29, 1.82) is 0 Å². The molecule has 0 spiro atoms. The van der Waals surface area contributed by atoms with Gasteiger partial charge in [0.1, 0.15) is 17.6 Å². The number of anilines is 1. The molecule has 1 fully saturated rings. The fraction of sp³-hybridized carbons (Fsp3) is 0.267. The first-order valence-electron chi connectivity index (χ1n) is 13.0. The molecule has 2 aromatic heterocycles. The van der Waals surface area contributed by atoms with Crippen LogP contribution >= 0.6 is 0 Å². The molecule has 1 aliphatic rings. The number of ether oxygens (including phenoxy) is 3. The number of H-pyrrole nitrogens is 1. The lowest BCUT2D eigenvalue weighted by molar-refractivity contribution is -0.137. The molecule has 0 aliphatic carbocycles. The smallest absolute Gasteiger partial charge is 0.412 e. The topological polar surface area (TPSA) is 126 Å². The maximum Gasteiger partial charge on any atom is 0.412 e. The first-order valence-corrected chi connectivity index (χ1v) is 13.0. The van der Waals surface area contributed by atoms with Crippen molar-refractivity contribution >= 4 is 34.6 Å². The number of rotatable bonds is 7. The summed E-state index contributed by atoms with van der Waals surface area (Å²) in [5.74, 6) is 0.0689. The van der Waals surface area contributed by atoms with Gasteiger partial charge in [-0.3, -0.25) is 14.9 Å². The van der Waals surface area contributed by atoms with E-state index in [-0.39, 0.29) is 29.5 Å². The molecule has 3 amide bonds. The molecule has 0 bridgehead atoms. The summed E-state index contributed by atoms with van der Waals surface area (Å²) in [6, 6.07) is 14.9. The van der Waals surface area contributed by atoms with Gasteiger partial charge in [-0.1, -0.05) is 24.3 Å². The number of likely N-dealkylation sites (tertiary alicyclic amines) is 1. The summed E-state index contributed by atoms with van der Waals surface area (Å²) in [6.45, 7) is 0. The number of hydrogen-bond donors (Lipinski definition) is 2. The van der Waals surface area contributed by atoms with Gasteiger partial charge in [-0.15, -0.1) is 0 Å². The molecule has 1 saturated heterocycles. The second-order valence-electron chi connectivity index (χ2n) is 9.88. The summed E-state index contributed by atoms with van der Waals surface area (Å²) in [5, 5.41) is 3.52. The van der Waals surface area contributed by atoms with Gasteiger partial charge in [0.15, 0.2) is 6.10 Å². The van der Waals surface area contributed by atoms with Crippen molar-refractivity contribution in [2.45, 2.75) is 18.8 Å². The molecule has 0 radical (unpaired) electrons. The Morgan fingerprint density at radius 1 is 1.07 bits per heavy atom. The minimum Gasteiger partial charge on any atom is -0.496 e. The third kappa shape index (κ3) is 5.31. The molecule has 2 aromatic carbocycles. The van der Waals surface area contributed by atoms with Crippen LogP contribution in [-0.4, -0.2) is 85.4 Å². The van der Waals surface area contributed by atoms with E-state index in [2.05, 4.69) is 15.3 Å². The quantitative estimate of drug-likeness (QED) is 0.346. The van der Waals surface area contributed by atoms with E-state index < -0.39 is 18.4 Å². The normalized spacial score (nSPS) is 16.6. The fourth-order valence-electron chi connectivity index (χ4n) is 4.93. The van der Waals surface area contributed by atoms with E-state index in [0.29, 0.717) is 5.65 Å². The van der Waals surface area contributed by atoms with Crippen LogP contribution in [0.1, 0.15) is 16.8 Å². The van der Waals surface area contributed by atoms with E-state index in [0.717, 1.165) is 33.4 Å². The van der Waals surface area contributed by atoms with Crippen LogP contribution in [0.5, 0.6) is 5.75 Å². The van der Waals surface area contributed by atoms with Crippen LogP contribution in [-0.2, 0) is 14.3 Å². The second kappa shape index (κ2) is 11.3. The van der Waals surface area contributed by atoms with E-state index in [1.165, 1.54) is 16.9 Å². The number of aromatic amines is 1. The van der Waals surface area contributed by atoms with Gasteiger partial charge in [0.25, 0.3) is 11.8 Å². The Morgan fingerprint density at radius 2 is 1.85 bits per heavy atom. The van der Waals surface area contributed by atoms with Crippen LogP contribution in [0.25, 0.3) is 33.3 Å². The second-order valence-corrected chi connectivity index (χ2v) is 9.88. The standard InChI is InChI=1S/C30H31N5O6/c1-34(2)28(36)21-12-17(10-11-23(21)33-30(38)41-25-14-26(40-5)35(3)29(25)37)18-13-20-22(16-32-27(20)31-15-18)19-8-6-7-9-24(19)39-4/h6-13,15-16,25-26H,14H2,1-5H3,(H,31,32)(H,33,38). The number of nitrogens with one attached hydrogen (secondary N) is 2. The number of methoxy groups -OCH3 is 2. The van der Waals surface area contributed by atoms with Gasteiger partial charge in [0, 0.05) is 69.1 Å². The minimum atomic E-state index is -0.978. The van der Waals surface area contributed by atoms with E-state index >= 15 is 0 Å². The van der Waals surface area contributed by atoms with Crippen molar-refractivity contribution < 1.29 is 28.6 Å². The van der Waals surface area contributed by atoms with Gasteiger partial charge >= 0.3 is 6.09 Å². The third-order valence-corrected chi connectivity index (χ3v) is 7.15. The zero-order valence-electron chi connectivity index (χ0n) is 23.4. The van der Waals surface area contributed by atoms with Crippen LogP contribution in [0.15, 0.2) is 60.9 Å². The maximum absolute atomic E-state index is 13.2. The summed E-state index contributed by atoms with van der Waals surface area (Å²) in [5.41, 5.74) is 4.58. The number of benzene rings is 2. The van der Waals surface area contributed by atoms with Gasteiger partial charge in [-0.2, -0.15) is 0 Å². The first kappa shape index (κ1) is 27.7. The van der Waals surface area contributed by atoms with Crippen LogP contribution in [0.2, 0.25) is 0 Å². The molecule has 0 saturated carbocycles. The molecule has 2 atom stereocenters. The highest BCUT2D eigenvalue weighted by Crippen LogP contribution is 2.36. The Kier molecular flexibility index (Phi) is 7.62. The molecule has 2 N–H and O–H groups in total. The maximum atomic E-state index is 13.2. The zero-order valence-corrected chi connectivity index (χ0v) is 23.4. The largest absolute Gasteiger partial charge is 0.496 e. The van der Waals surface area contributed by atoms with Crippen LogP contribution in [0.3, 0.4) is 0 Å². The van der Waals surface area contributed by atoms with E-state index in [4.69, 9.17) is 14.2 Å². The van der Waals surface area contributed by atoms with Crippen molar-refractivity contribution in [3.8, 4) is 28.0 Å². The van der Waals surface area contributed by atoms with Crippen molar-refractivity contribution in [3.05, 3.63) is 66.5 Å². The van der Waals surface area contributed by atoms with E-state index in [1.54, 1.807) is 52.6 Å². The number of carbonyl (C=O) groups excluding carboxylic acids is 3. The summed E-state index contributed by atoms with van der Waals surface area (Å²) in [7, 11) is 7.96. The number of para-hydroxylation sites is 1. The lowest BCUT2D eigenvalue weighted by Crippen LogP contribution is -2.33. The number of likely N-dealkylation sites (N-methyl/N-ethyl adjacent to an activating group) is 1. The molecular formula is C30H31N5O6. The first-order chi connectivity index (χ1) is 19.7. The Bertz CT molecular complexity index is 1630. The summed E-state index contributed by atoms with van der Waals surface area (Å²) >= 11 is 0. The molecular weight excluding hydrogens is 526 g/mol. The Balaban J connectivity index is 1.46. The van der Waals surface area contributed by atoms with E-state index in [1.807, 2.05) is 36.5 Å². The Morgan fingerprint density at radius 3 is 2.56 bits per heavy atom. The fourth-order valence-corrected chi connectivity index (χ4v) is 4.93. The van der Waals surface area contributed by atoms with Crippen LogP contribution in [0.4, 0.5) is 10.5 Å². The van der Waals surface area contributed by atoms with Crippen molar-refractivity contribution in [2.24, 2.45) is 0 Å². The van der Waals surface area contributed by atoms with Crippen molar-refractivity contribution in [3.63, 3.8) is 0 Å². The number of pyridine rings is 1. The number of aromatic nitrogens is 2. The van der Waals surface area contributed by atoms with Gasteiger partial charge in [-0.05, 0) is 29.8 Å². The Hall–Kier alpha value is -4.90. The number of hydrogen-bond acceptors (Lipinski definition) is 7. The molecule has 3 heterocycles. The van der Waals surface area contributed by atoms with Gasteiger partial charge in [0.05, 0.1) is 18.4 Å². The highest BCUT2D eigenvalue weighted by Gasteiger charge is 2.40. The summed E-state index contributed by atoms with van der Waals surface area (Å²) in [6.07, 6.45) is 1.54. The predicted molar refractivity (Wildman–Crippen MR) is 154 cm³/mol. The number of nitrogens with zero attached hydrogens (tertiary/aromatic N) is 3. The van der Waals surface area contributed by atoms with Gasteiger partial charge < -0.3 is 29.0 Å². The third-order valence-electron chi connectivity index (χ3n) is 7.15. The average molecular weight is 558 g/mol. The molecule has 2 unspecified atom stereocenters. The minimum absolute atomic E-state index is 0.215. The van der Waals surface area contributed by atoms with Crippen molar-refractivity contribution in [1.82, 2.24) is 19.8 Å². The summed E-state index contributed by atoms with van der Waals surface area (Å²) in [4.78, 5) is 49.0. The van der Waals surface area contributed by atoms with Crippen LogP contribution in [0, 0.1) is 0 Å². The number of carbonyl (C=O) groups is 3. The molecule has 5 rings (SSSR count). The highest BCUT2D eigenvalue weighted by molar-refractivity contribution is 6.04. The predicted octanol–water partition coefficient (Wildman–Crippen LogP) is 4.36. The summed E-state index contributed by atoms with van der Waals surface area (Å²) < 4.78 is 16.2. The molecule has 212 valence electrons. The van der Waals surface area contributed by atoms with Crippen molar-refractivity contribution in [2.75, 3.05) is 40.7 Å². The SMILES string of the molecule is COc1ccccc1-c1c[nH]c2ncc(-c3ccc(NC(=O)OC4CC(OC)N(C)C4=O)c(C(=O)N(C)C)c3)cc12. The molecule has 4 aromatic rings. The number of amides is 3.